The Kier molecular flexibility index (Phi) is 4.39. The molecule has 1 N–H and O–H groups in total. The summed E-state index contributed by atoms with van der Waals surface area (Å²) in [5, 5.41) is 3.29. The molecule has 1 fully saturated rings. The van der Waals surface area contributed by atoms with E-state index in [2.05, 4.69) is 31.0 Å². The number of rotatable bonds is 7. The minimum atomic E-state index is 0.409. The fraction of sp³-hybridized carbons (Fsp3) is 1.00. The summed E-state index contributed by atoms with van der Waals surface area (Å²) in [5.74, 6) is 0. The van der Waals surface area contributed by atoms with Crippen molar-refractivity contribution in [3.8, 4) is 0 Å². The molecule has 2 heteroatoms. The van der Waals surface area contributed by atoms with Gasteiger partial charge in [-0.3, -0.25) is 4.90 Å². The minimum absolute atomic E-state index is 0.409. The summed E-state index contributed by atoms with van der Waals surface area (Å²) in [6, 6.07) is 0.908. The molecule has 0 aliphatic heterocycles. The van der Waals surface area contributed by atoms with Gasteiger partial charge in [0, 0.05) is 19.1 Å². The third-order valence-electron chi connectivity index (χ3n) is 2.86. The summed E-state index contributed by atoms with van der Waals surface area (Å²) in [5.41, 5.74) is 0.409. The molecule has 1 aliphatic carbocycles. The molecule has 0 heterocycles. The summed E-state index contributed by atoms with van der Waals surface area (Å²) in [6.45, 7) is 10.6. The molecule has 1 rings (SSSR count). The highest BCUT2D eigenvalue weighted by atomic mass is 15.2. The van der Waals surface area contributed by atoms with Crippen molar-refractivity contribution < 1.29 is 0 Å². The summed E-state index contributed by atoms with van der Waals surface area (Å²) >= 11 is 0. The lowest BCUT2D eigenvalue weighted by Crippen LogP contribution is -2.41. The van der Waals surface area contributed by atoms with E-state index >= 15 is 0 Å². The zero-order valence-electron chi connectivity index (χ0n) is 10.3. The number of hydrogen-bond donors (Lipinski definition) is 1. The highest BCUT2D eigenvalue weighted by Gasteiger charge is 2.31. The van der Waals surface area contributed by atoms with Gasteiger partial charge >= 0.3 is 0 Å². The van der Waals surface area contributed by atoms with E-state index in [1.165, 1.54) is 32.4 Å². The third-order valence-corrected chi connectivity index (χ3v) is 2.86. The van der Waals surface area contributed by atoms with Crippen LogP contribution in [0.3, 0.4) is 0 Å². The van der Waals surface area contributed by atoms with Crippen LogP contribution in [0, 0.1) is 5.41 Å². The van der Waals surface area contributed by atoms with Crippen molar-refractivity contribution in [2.75, 3.05) is 26.7 Å². The highest BCUT2D eigenvalue weighted by Crippen LogP contribution is 2.29. The first-order valence-corrected chi connectivity index (χ1v) is 5.97. The Morgan fingerprint density at radius 2 is 2.00 bits per heavy atom. The Balaban J connectivity index is 2.36. The van der Waals surface area contributed by atoms with Gasteiger partial charge in [0.15, 0.2) is 0 Å². The van der Waals surface area contributed by atoms with Gasteiger partial charge in [-0.25, -0.2) is 0 Å². The lowest BCUT2D eigenvalue weighted by Gasteiger charge is -2.32. The largest absolute Gasteiger partial charge is 0.319 e. The van der Waals surface area contributed by atoms with Gasteiger partial charge in [0.25, 0.3) is 0 Å². The topological polar surface area (TPSA) is 15.3 Å². The monoisotopic (exact) mass is 198 g/mol. The fourth-order valence-electron chi connectivity index (χ4n) is 2.20. The quantitative estimate of drug-likeness (QED) is 0.674. The predicted molar refractivity (Wildman–Crippen MR) is 62.6 cm³/mol. The molecule has 0 aromatic rings. The van der Waals surface area contributed by atoms with Crippen LogP contribution in [-0.2, 0) is 0 Å². The van der Waals surface area contributed by atoms with Gasteiger partial charge in [-0.15, -0.1) is 0 Å². The first kappa shape index (κ1) is 12.0. The molecule has 0 saturated heterocycles. The van der Waals surface area contributed by atoms with Gasteiger partial charge in [-0.2, -0.15) is 0 Å². The minimum Gasteiger partial charge on any atom is -0.319 e. The van der Waals surface area contributed by atoms with E-state index in [0.29, 0.717) is 5.41 Å². The van der Waals surface area contributed by atoms with Crippen LogP contribution in [0.2, 0.25) is 0 Å². The van der Waals surface area contributed by atoms with Gasteiger partial charge in [0.05, 0.1) is 0 Å². The molecular weight excluding hydrogens is 172 g/mol. The molecule has 0 amide bonds. The van der Waals surface area contributed by atoms with Crippen LogP contribution >= 0.6 is 0 Å². The van der Waals surface area contributed by atoms with Crippen molar-refractivity contribution in [1.82, 2.24) is 10.2 Å². The standard InChI is InChI=1S/C12H26N2/c1-5-8-14(11-6-7-11)10-12(2,3)9-13-4/h11,13H,5-10H2,1-4H3. The molecule has 0 radical (unpaired) electrons. The van der Waals surface area contributed by atoms with Gasteiger partial charge in [-0.05, 0) is 38.3 Å². The van der Waals surface area contributed by atoms with Gasteiger partial charge in [0.2, 0.25) is 0 Å². The number of nitrogens with one attached hydrogen (secondary N) is 1. The van der Waals surface area contributed by atoms with Crippen LogP contribution in [0.1, 0.15) is 40.0 Å². The van der Waals surface area contributed by atoms with Crippen molar-refractivity contribution in [3.63, 3.8) is 0 Å². The third kappa shape index (κ3) is 3.97. The van der Waals surface area contributed by atoms with E-state index in [1.54, 1.807) is 0 Å². The van der Waals surface area contributed by atoms with Crippen LogP contribution in [0.15, 0.2) is 0 Å². The summed E-state index contributed by atoms with van der Waals surface area (Å²) < 4.78 is 0. The maximum Gasteiger partial charge on any atom is 0.00966 e. The van der Waals surface area contributed by atoms with E-state index in [-0.39, 0.29) is 0 Å². The maximum atomic E-state index is 3.29. The Labute approximate surface area is 89.1 Å². The van der Waals surface area contributed by atoms with E-state index in [1.807, 2.05) is 7.05 Å². The second-order valence-corrected chi connectivity index (χ2v) is 5.40. The van der Waals surface area contributed by atoms with E-state index in [4.69, 9.17) is 0 Å². The van der Waals surface area contributed by atoms with Crippen molar-refractivity contribution in [2.45, 2.75) is 46.1 Å². The first-order chi connectivity index (χ1) is 6.59. The van der Waals surface area contributed by atoms with Crippen LogP contribution < -0.4 is 5.32 Å². The molecule has 14 heavy (non-hydrogen) atoms. The van der Waals surface area contributed by atoms with Crippen molar-refractivity contribution in [3.05, 3.63) is 0 Å². The zero-order valence-corrected chi connectivity index (χ0v) is 10.3. The SMILES string of the molecule is CCCN(CC(C)(C)CNC)C1CC1. The van der Waals surface area contributed by atoms with Gasteiger partial charge in [0.1, 0.15) is 0 Å². The smallest absolute Gasteiger partial charge is 0.00966 e. The van der Waals surface area contributed by atoms with E-state index < -0.39 is 0 Å². The Hall–Kier alpha value is -0.0800. The molecule has 0 aromatic carbocycles. The van der Waals surface area contributed by atoms with Crippen LogP contribution in [0.4, 0.5) is 0 Å². The molecule has 2 nitrogen and oxygen atoms in total. The van der Waals surface area contributed by atoms with Crippen LogP contribution in [-0.4, -0.2) is 37.6 Å². The predicted octanol–water partition coefficient (Wildman–Crippen LogP) is 2.11. The molecule has 84 valence electrons. The van der Waals surface area contributed by atoms with Crippen LogP contribution in [0.25, 0.3) is 0 Å². The average Bonchev–Trinajstić information content (AvgIpc) is 2.84. The Morgan fingerprint density at radius 1 is 1.36 bits per heavy atom. The summed E-state index contributed by atoms with van der Waals surface area (Å²) in [4.78, 5) is 2.68. The van der Waals surface area contributed by atoms with Crippen LogP contribution in [0.5, 0.6) is 0 Å². The summed E-state index contributed by atoms with van der Waals surface area (Å²) in [7, 11) is 2.04. The number of hydrogen-bond acceptors (Lipinski definition) is 2. The zero-order chi connectivity index (χ0) is 10.6. The molecule has 0 bridgehead atoms. The fourth-order valence-corrected chi connectivity index (χ4v) is 2.20. The number of nitrogens with zero attached hydrogens (tertiary/aromatic N) is 1. The normalized spacial score (nSPS) is 17.8. The van der Waals surface area contributed by atoms with Gasteiger partial charge in [-0.1, -0.05) is 20.8 Å². The van der Waals surface area contributed by atoms with Crippen molar-refractivity contribution in [1.29, 1.82) is 0 Å². The Morgan fingerprint density at radius 3 is 2.43 bits per heavy atom. The second kappa shape index (κ2) is 5.13. The highest BCUT2D eigenvalue weighted by molar-refractivity contribution is 4.87. The molecule has 0 unspecified atom stereocenters. The molecule has 1 aliphatic rings. The molecule has 0 atom stereocenters. The Bertz CT molecular complexity index is 162. The lowest BCUT2D eigenvalue weighted by atomic mass is 9.92. The summed E-state index contributed by atoms with van der Waals surface area (Å²) in [6.07, 6.45) is 4.14. The van der Waals surface area contributed by atoms with E-state index in [0.717, 1.165) is 12.6 Å². The van der Waals surface area contributed by atoms with Crippen molar-refractivity contribution >= 4 is 0 Å². The first-order valence-electron chi connectivity index (χ1n) is 5.97. The lowest BCUT2D eigenvalue weighted by molar-refractivity contribution is 0.169. The molecule has 0 spiro atoms. The average molecular weight is 198 g/mol. The van der Waals surface area contributed by atoms with Crippen molar-refractivity contribution in [2.24, 2.45) is 5.41 Å². The maximum absolute atomic E-state index is 3.29. The van der Waals surface area contributed by atoms with E-state index in [9.17, 15) is 0 Å². The molecule has 0 aromatic heterocycles. The second-order valence-electron chi connectivity index (χ2n) is 5.40. The molecular formula is C12H26N2. The van der Waals surface area contributed by atoms with Gasteiger partial charge < -0.3 is 5.32 Å². The molecule has 1 saturated carbocycles.